The molecule has 6 rings (SSSR count). The number of rotatable bonds is 10. The SMILES string of the molecule is CC[C@H](C)[C@H](NC(=O)Cc1csc2ccccc12)C(=O)NC1CCc2ccn3c2C1C(=O)CC(C(=O)NCc1cn[nH]n1)C3. The molecule has 3 amide bonds. The summed E-state index contributed by atoms with van der Waals surface area (Å²) in [6.07, 6.45) is 5.75. The van der Waals surface area contributed by atoms with Crippen molar-refractivity contribution in [3.8, 4) is 0 Å². The number of hydrogen-bond donors (Lipinski definition) is 4. The molecule has 12 heteroatoms. The maximum Gasteiger partial charge on any atom is 0.243 e. The highest BCUT2D eigenvalue weighted by molar-refractivity contribution is 7.17. The van der Waals surface area contributed by atoms with E-state index in [4.69, 9.17) is 0 Å². The van der Waals surface area contributed by atoms with E-state index in [1.807, 2.05) is 60.3 Å². The number of ketones is 1. The van der Waals surface area contributed by atoms with E-state index < -0.39 is 23.9 Å². The summed E-state index contributed by atoms with van der Waals surface area (Å²) in [5.41, 5.74) is 3.50. The van der Waals surface area contributed by atoms with Crippen LogP contribution in [-0.2, 0) is 45.1 Å². The fourth-order valence-electron chi connectivity index (χ4n) is 6.50. The van der Waals surface area contributed by atoms with Gasteiger partial charge in [-0.3, -0.25) is 19.2 Å². The van der Waals surface area contributed by atoms with Crippen molar-refractivity contribution in [2.45, 2.75) is 77.0 Å². The minimum atomic E-state index is -0.735. The van der Waals surface area contributed by atoms with Gasteiger partial charge in [-0.15, -0.1) is 11.3 Å². The van der Waals surface area contributed by atoms with Crippen LogP contribution in [0.15, 0.2) is 48.1 Å². The Morgan fingerprint density at radius 1 is 1.20 bits per heavy atom. The number of nitrogens with zero attached hydrogens (tertiary/aromatic N) is 3. The van der Waals surface area contributed by atoms with Gasteiger partial charge < -0.3 is 20.5 Å². The van der Waals surface area contributed by atoms with Gasteiger partial charge in [-0.05, 0) is 52.8 Å². The molecule has 230 valence electrons. The normalized spacial score (nSPS) is 20.8. The highest BCUT2D eigenvalue weighted by Crippen LogP contribution is 2.38. The number of hydrogen-bond acceptors (Lipinski definition) is 7. The molecule has 0 radical (unpaired) electrons. The van der Waals surface area contributed by atoms with E-state index in [1.165, 1.54) is 0 Å². The monoisotopic (exact) mass is 615 g/mol. The number of carbonyl (C=O) groups excluding carboxylic acids is 4. The summed E-state index contributed by atoms with van der Waals surface area (Å²) < 4.78 is 3.12. The Morgan fingerprint density at radius 2 is 2.05 bits per heavy atom. The van der Waals surface area contributed by atoms with Gasteiger partial charge in [0.2, 0.25) is 17.7 Å². The summed E-state index contributed by atoms with van der Waals surface area (Å²) in [4.78, 5) is 54.0. The smallest absolute Gasteiger partial charge is 0.243 e. The van der Waals surface area contributed by atoms with E-state index in [2.05, 4.69) is 31.4 Å². The van der Waals surface area contributed by atoms with Crippen LogP contribution in [0.4, 0.5) is 0 Å². The largest absolute Gasteiger partial charge is 0.350 e. The van der Waals surface area contributed by atoms with Gasteiger partial charge in [0.1, 0.15) is 17.5 Å². The van der Waals surface area contributed by atoms with Crippen molar-refractivity contribution in [3.63, 3.8) is 0 Å². The number of aryl methyl sites for hydroxylation is 1. The van der Waals surface area contributed by atoms with Crippen molar-refractivity contribution in [2.24, 2.45) is 11.8 Å². The lowest BCUT2D eigenvalue weighted by Gasteiger charge is -2.34. The first kappa shape index (κ1) is 29.7. The number of aromatic amines is 1. The third-order valence-electron chi connectivity index (χ3n) is 9.06. The number of thiophene rings is 1. The van der Waals surface area contributed by atoms with Crippen LogP contribution in [-0.4, -0.2) is 55.6 Å². The summed E-state index contributed by atoms with van der Waals surface area (Å²) >= 11 is 1.60. The number of fused-ring (bicyclic) bond motifs is 1. The van der Waals surface area contributed by atoms with Crippen molar-refractivity contribution < 1.29 is 19.2 Å². The van der Waals surface area contributed by atoms with E-state index in [9.17, 15) is 19.2 Å². The lowest BCUT2D eigenvalue weighted by atomic mass is 9.79. The van der Waals surface area contributed by atoms with E-state index in [1.54, 1.807) is 17.5 Å². The molecular weight excluding hydrogens is 578 g/mol. The molecule has 0 saturated carbocycles. The molecule has 4 heterocycles. The van der Waals surface area contributed by atoms with Gasteiger partial charge in [-0.1, -0.05) is 38.5 Å². The number of Topliss-reactive ketones (excluding diaryl/α,β-unsaturated/α-hetero) is 1. The number of H-pyrrole nitrogens is 1. The Balaban J connectivity index is 1.16. The first-order valence-electron chi connectivity index (χ1n) is 15.2. The molecule has 4 aromatic rings. The van der Waals surface area contributed by atoms with E-state index in [0.717, 1.165) is 26.9 Å². The van der Waals surface area contributed by atoms with Crippen LogP contribution < -0.4 is 16.0 Å². The van der Waals surface area contributed by atoms with Crippen molar-refractivity contribution in [1.82, 2.24) is 35.9 Å². The van der Waals surface area contributed by atoms with Gasteiger partial charge in [-0.2, -0.15) is 15.4 Å². The summed E-state index contributed by atoms with van der Waals surface area (Å²) in [5, 5.41) is 22.3. The maximum atomic E-state index is 13.8. The molecule has 1 aliphatic carbocycles. The Morgan fingerprint density at radius 3 is 2.84 bits per heavy atom. The van der Waals surface area contributed by atoms with Crippen molar-refractivity contribution in [1.29, 1.82) is 0 Å². The highest BCUT2D eigenvalue weighted by Gasteiger charge is 2.43. The Labute approximate surface area is 259 Å². The van der Waals surface area contributed by atoms with Gasteiger partial charge in [-0.25, -0.2) is 0 Å². The van der Waals surface area contributed by atoms with Gasteiger partial charge >= 0.3 is 0 Å². The van der Waals surface area contributed by atoms with Crippen molar-refractivity contribution in [2.75, 3.05) is 0 Å². The van der Waals surface area contributed by atoms with Gasteiger partial charge in [0.15, 0.2) is 0 Å². The molecular formula is C32H37N7O4S. The number of amides is 3. The van der Waals surface area contributed by atoms with E-state index in [0.29, 0.717) is 31.5 Å². The zero-order valence-electron chi connectivity index (χ0n) is 24.8. The molecule has 0 saturated heterocycles. The minimum absolute atomic E-state index is 0.0660. The molecule has 1 aliphatic heterocycles. The van der Waals surface area contributed by atoms with Crippen molar-refractivity contribution in [3.05, 3.63) is 70.6 Å². The van der Waals surface area contributed by atoms with E-state index in [-0.39, 0.29) is 48.8 Å². The molecule has 11 nitrogen and oxygen atoms in total. The van der Waals surface area contributed by atoms with Gasteiger partial charge in [0.25, 0.3) is 0 Å². The average molecular weight is 616 g/mol. The zero-order chi connectivity index (χ0) is 30.8. The molecule has 5 atom stereocenters. The molecule has 4 N–H and O–H groups in total. The predicted octanol–water partition coefficient (Wildman–Crippen LogP) is 3.01. The molecule has 0 bridgehead atoms. The Hall–Kier alpha value is -4.32. The second-order valence-electron chi connectivity index (χ2n) is 11.9. The first-order valence-corrected chi connectivity index (χ1v) is 16.1. The van der Waals surface area contributed by atoms with E-state index >= 15 is 0 Å². The number of nitrogens with one attached hydrogen (secondary N) is 4. The van der Waals surface area contributed by atoms with Crippen molar-refractivity contribution >= 4 is 44.9 Å². The minimum Gasteiger partial charge on any atom is -0.350 e. The van der Waals surface area contributed by atoms with Gasteiger partial charge in [0.05, 0.1) is 31.0 Å². The quantitative estimate of drug-likeness (QED) is 0.215. The van der Waals surface area contributed by atoms with Crippen LogP contribution in [0.2, 0.25) is 0 Å². The Bertz CT molecular complexity index is 1680. The standard InChI is InChI=1S/C32H37N7O4S/c1-3-18(2)29(36-27(41)13-21-17-44-26-7-5-4-6-23(21)26)32(43)35-24-9-8-19-10-11-39-16-20(12-25(40)28(24)30(19)39)31(42)33-14-22-15-34-38-37-22/h4-7,10-11,15,17-18,20,24,28-29H,3,8-9,12-14,16H2,1-2H3,(H,33,42)(H,35,43)(H,36,41)(H,34,37,38)/t18-,20?,24?,28?,29-/m0/s1. The summed E-state index contributed by atoms with van der Waals surface area (Å²) in [6, 6.07) is 8.82. The Kier molecular flexibility index (Phi) is 8.60. The second kappa shape index (κ2) is 12.7. The summed E-state index contributed by atoms with van der Waals surface area (Å²) in [5.74, 6) is -1.99. The third kappa shape index (κ3) is 6.03. The first-order chi connectivity index (χ1) is 21.3. The zero-order valence-corrected chi connectivity index (χ0v) is 25.7. The number of benzene rings is 1. The molecule has 3 unspecified atom stereocenters. The molecule has 0 fully saturated rings. The summed E-state index contributed by atoms with van der Waals surface area (Å²) in [6.45, 7) is 4.54. The van der Waals surface area contributed by atoms with Crippen LogP contribution in [0.1, 0.15) is 61.5 Å². The average Bonchev–Trinajstić information content (AvgIpc) is 3.77. The maximum absolute atomic E-state index is 13.8. The van der Waals surface area contributed by atoms with Crippen LogP contribution in [0.3, 0.4) is 0 Å². The molecule has 1 aromatic carbocycles. The topological polar surface area (TPSA) is 151 Å². The highest BCUT2D eigenvalue weighted by atomic mass is 32.1. The molecule has 2 aliphatic rings. The molecule has 44 heavy (non-hydrogen) atoms. The van der Waals surface area contributed by atoms with Gasteiger partial charge in [0, 0.05) is 35.6 Å². The van der Waals surface area contributed by atoms with Crippen LogP contribution >= 0.6 is 11.3 Å². The number of carbonyl (C=O) groups is 4. The fraction of sp³-hybridized carbons (Fsp3) is 0.438. The lowest BCUT2D eigenvalue weighted by molar-refractivity contribution is -0.132. The fourth-order valence-corrected chi connectivity index (χ4v) is 7.46. The number of aromatic nitrogens is 4. The lowest BCUT2D eigenvalue weighted by Crippen LogP contribution is -2.55. The summed E-state index contributed by atoms with van der Waals surface area (Å²) in [7, 11) is 0. The van der Waals surface area contributed by atoms with Crippen LogP contribution in [0.25, 0.3) is 10.1 Å². The van der Waals surface area contributed by atoms with Crippen LogP contribution in [0, 0.1) is 11.8 Å². The molecule has 0 spiro atoms. The molecule has 3 aromatic heterocycles. The predicted molar refractivity (Wildman–Crippen MR) is 166 cm³/mol. The second-order valence-corrected chi connectivity index (χ2v) is 12.8. The van der Waals surface area contributed by atoms with Crippen LogP contribution in [0.5, 0.6) is 0 Å². The third-order valence-corrected chi connectivity index (χ3v) is 10.1.